The highest BCUT2D eigenvalue weighted by molar-refractivity contribution is 6.17. The average molecular weight is 572 g/mol. The molecule has 190 valence electrons. The number of rotatable bonds is 25. The summed E-state index contributed by atoms with van der Waals surface area (Å²) in [5, 5.41) is 0. The molecule has 0 heterocycles. The second-order valence-electron chi connectivity index (χ2n) is 10.2. The molecule has 0 saturated heterocycles. The van der Waals surface area contributed by atoms with Crippen LogP contribution in [0.25, 0.3) is 0 Å². The van der Waals surface area contributed by atoms with Gasteiger partial charge in [0.25, 0.3) is 0 Å². The number of quaternary nitrogens is 1. The quantitative estimate of drug-likeness (QED) is 0.0483. The van der Waals surface area contributed by atoms with Crippen LogP contribution < -0.4 is 24.0 Å². The highest BCUT2D eigenvalue weighted by Crippen LogP contribution is 2.16. The Labute approximate surface area is 220 Å². The Bertz CT molecular complexity index is 300. The smallest absolute Gasteiger partial charge is 0.0796 e. The Kier molecular flexibility index (Phi) is 30.0. The van der Waals surface area contributed by atoms with Crippen LogP contribution in [0.15, 0.2) is 0 Å². The summed E-state index contributed by atoms with van der Waals surface area (Å²) in [6.07, 6.45) is 29.9. The highest BCUT2D eigenvalue weighted by Gasteiger charge is 2.19. The van der Waals surface area contributed by atoms with E-state index in [4.69, 9.17) is 11.6 Å². The molecule has 0 amide bonds. The molecule has 0 N–H and O–H groups in total. The number of hydrogen-bond acceptors (Lipinski definition) is 0. The topological polar surface area (TPSA) is 0 Å². The summed E-state index contributed by atoms with van der Waals surface area (Å²) >= 11 is 6.03. The van der Waals surface area contributed by atoms with E-state index in [1.807, 2.05) is 0 Å². The molecule has 0 aromatic rings. The molecular formula is C28H59ClIN. The van der Waals surface area contributed by atoms with Gasteiger partial charge in [0.15, 0.2) is 0 Å². The van der Waals surface area contributed by atoms with Crippen LogP contribution in [0.5, 0.6) is 0 Å². The van der Waals surface area contributed by atoms with Gasteiger partial charge in [-0.3, -0.25) is 0 Å². The minimum atomic E-state index is 0. The first kappa shape index (κ1) is 34.1. The van der Waals surface area contributed by atoms with Crippen molar-refractivity contribution >= 4 is 11.6 Å². The molecule has 0 saturated carbocycles. The SMILES string of the molecule is CCCCCCCCCCCC[N+](C)(CCCCl)CCCCCCCCCCCC.[I-]. The van der Waals surface area contributed by atoms with Crippen molar-refractivity contribution in [2.45, 2.75) is 149 Å². The first-order chi connectivity index (χ1) is 14.7. The summed E-state index contributed by atoms with van der Waals surface area (Å²) in [6.45, 7) is 8.61. The number of alkyl halides is 1. The zero-order valence-electron chi connectivity index (χ0n) is 21.9. The van der Waals surface area contributed by atoms with Gasteiger partial charge >= 0.3 is 0 Å². The standard InChI is InChI=1S/C28H59ClN.HI/c1-4-6-8-10-12-14-16-18-20-22-26-30(3,28-24-25-29)27-23-21-19-17-15-13-11-9-7-5-2;/h4-28H2,1-3H3;1H/q+1;/p-1. The number of nitrogens with zero attached hydrogens (tertiary/aromatic N) is 1. The van der Waals surface area contributed by atoms with E-state index in [2.05, 4.69) is 20.9 Å². The number of halogens is 2. The van der Waals surface area contributed by atoms with E-state index in [0.717, 1.165) is 5.88 Å². The van der Waals surface area contributed by atoms with Crippen LogP contribution in [0.3, 0.4) is 0 Å². The van der Waals surface area contributed by atoms with Gasteiger partial charge in [0.2, 0.25) is 0 Å². The molecule has 0 aliphatic carbocycles. The normalized spacial score (nSPS) is 11.6. The fourth-order valence-corrected chi connectivity index (χ4v) is 4.86. The monoisotopic (exact) mass is 571 g/mol. The summed E-state index contributed by atoms with van der Waals surface area (Å²) < 4.78 is 1.26. The maximum Gasteiger partial charge on any atom is 0.0796 e. The Morgan fingerprint density at radius 2 is 0.677 bits per heavy atom. The molecule has 0 aliphatic heterocycles. The van der Waals surface area contributed by atoms with Gasteiger partial charge in [0.1, 0.15) is 0 Å². The second kappa shape index (κ2) is 27.2. The summed E-state index contributed by atoms with van der Waals surface area (Å²) in [5.74, 6) is 0.823. The first-order valence-corrected chi connectivity index (χ1v) is 14.6. The lowest BCUT2D eigenvalue weighted by Crippen LogP contribution is -3.00. The molecule has 0 aliphatic rings. The maximum absolute atomic E-state index is 6.03. The van der Waals surface area contributed by atoms with Crippen LogP contribution in [0.4, 0.5) is 0 Å². The first-order valence-electron chi connectivity index (χ1n) is 14.1. The van der Waals surface area contributed by atoms with Crippen molar-refractivity contribution in [3.05, 3.63) is 0 Å². The van der Waals surface area contributed by atoms with Gasteiger partial charge in [0, 0.05) is 12.3 Å². The van der Waals surface area contributed by atoms with Crippen molar-refractivity contribution in [3.63, 3.8) is 0 Å². The van der Waals surface area contributed by atoms with E-state index in [1.54, 1.807) is 0 Å². The molecule has 0 atom stereocenters. The second-order valence-corrected chi connectivity index (χ2v) is 10.6. The van der Waals surface area contributed by atoms with E-state index in [0.29, 0.717) is 0 Å². The zero-order chi connectivity index (χ0) is 22.2. The summed E-state index contributed by atoms with van der Waals surface area (Å²) in [7, 11) is 2.49. The number of unbranched alkanes of at least 4 members (excludes halogenated alkanes) is 18. The van der Waals surface area contributed by atoms with Crippen molar-refractivity contribution in [1.29, 1.82) is 0 Å². The third-order valence-electron chi connectivity index (χ3n) is 6.93. The Morgan fingerprint density at radius 3 is 0.968 bits per heavy atom. The largest absolute Gasteiger partial charge is 1.00 e. The van der Waals surface area contributed by atoms with Crippen molar-refractivity contribution in [2.75, 3.05) is 32.6 Å². The third-order valence-corrected chi connectivity index (χ3v) is 7.20. The third kappa shape index (κ3) is 25.4. The molecule has 1 nitrogen and oxygen atoms in total. The highest BCUT2D eigenvalue weighted by atomic mass is 127. The lowest BCUT2D eigenvalue weighted by atomic mass is 10.1. The molecule has 0 bridgehead atoms. The van der Waals surface area contributed by atoms with Crippen LogP contribution >= 0.6 is 11.6 Å². The molecule has 0 aromatic heterocycles. The fourth-order valence-electron chi connectivity index (χ4n) is 4.74. The predicted molar refractivity (Wildman–Crippen MR) is 140 cm³/mol. The van der Waals surface area contributed by atoms with E-state index in [-0.39, 0.29) is 24.0 Å². The molecule has 0 fully saturated rings. The van der Waals surface area contributed by atoms with E-state index in [1.165, 1.54) is 159 Å². The van der Waals surface area contributed by atoms with Crippen molar-refractivity contribution in [3.8, 4) is 0 Å². The molecule has 0 radical (unpaired) electrons. The van der Waals surface area contributed by atoms with Crippen molar-refractivity contribution < 1.29 is 28.5 Å². The summed E-state index contributed by atoms with van der Waals surface area (Å²) in [4.78, 5) is 0. The lowest BCUT2D eigenvalue weighted by molar-refractivity contribution is -0.910. The molecule has 0 unspecified atom stereocenters. The molecule has 0 rings (SSSR count). The zero-order valence-corrected chi connectivity index (χ0v) is 24.8. The number of hydrogen-bond donors (Lipinski definition) is 0. The van der Waals surface area contributed by atoms with Crippen molar-refractivity contribution in [1.82, 2.24) is 0 Å². The van der Waals surface area contributed by atoms with Gasteiger partial charge in [-0.25, -0.2) is 0 Å². The molecule has 3 heteroatoms. The van der Waals surface area contributed by atoms with E-state index >= 15 is 0 Å². The van der Waals surface area contributed by atoms with E-state index in [9.17, 15) is 0 Å². The fraction of sp³-hybridized carbons (Fsp3) is 1.00. The van der Waals surface area contributed by atoms with E-state index < -0.39 is 0 Å². The van der Waals surface area contributed by atoms with Crippen LogP contribution in [-0.2, 0) is 0 Å². The molecule has 31 heavy (non-hydrogen) atoms. The Morgan fingerprint density at radius 1 is 0.419 bits per heavy atom. The van der Waals surface area contributed by atoms with Gasteiger partial charge in [-0.1, -0.05) is 117 Å². The summed E-state index contributed by atoms with van der Waals surface area (Å²) in [5.41, 5.74) is 0. The molecule has 0 aromatic carbocycles. The van der Waals surface area contributed by atoms with Crippen LogP contribution in [0.1, 0.15) is 149 Å². The minimum absolute atomic E-state index is 0. The van der Waals surface area contributed by atoms with Gasteiger partial charge in [-0.05, 0) is 25.7 Å². The van der Waals surface area contributed by atoms with Crippen LogP contribution in [0.2, 0.25) is 0 Å². The minimum Gasteiger partial charge on any atom is -1.00 e. The van der Waals surface area contributed by atoms with Gasteiger partial charge in [-0.15, -0.1) is 11.6 Å². The van der Waals surface area contributed by atoms with Gasteiger partial charge < -0.3 is 28.5 Å². The van der Waals surface area contributed by atoms with Gasteiger partial charge in [0.05, 0.1) is 26.7 Å². The van der Waals surface area contributed by atoms with Crippen LogP contribution in [0, 0.1) is 0 Å². The molecular weight excluding hydrogens is 513 g/mol. The Balaban J connectivity index is 0. The molecule has 0 spiro atoms. The lowest BCUT2D eigenvalue weighted by Gasteiger charge is -2.35. The maximum atomic E-state index is 6.03. The average Bonchev–Trinajstić information content (AvgIpc) is 2.75. The summed E-state index contributed by atoms with van der Waals surface area (Å²) in [6, 6.07) is 0. The Hall–Kier alpha value is 0.980. The van der Waals surface area contributed by atoms with Crippen molar-refractivity contribution in [2.24, 2.45) is 0 Å². The predicted octanol–water partition coefficient (Wildman–Crippen LogP) is 6.91. The van der Waals surface area contributed by atoms with Crippen LogP contribution in [-0.4, -0.2) is 37.0 Å². The van der Waals surface area contributed by atoms with Gasteiger partial charge in [-0.2, -0.15) is 0 Å².